The molecule has 2 N–H and O–H groups in total. The van der Waals surface area contributed by atoms with Crippen molar-refractivity contribution < 1.29 is 9.53 Å². The van der Waals surface area contributed by atoms with Crippen molar-refractivity contribution in [2.45, 2.75) is 12.3 Å². The zero-order chi connectivity index (χ0) is 9.97. The van der Waals surface area contributed by atoms with Crippen molar-refractivity contribution in [3.05, 3.63) is 24.0 Å². The fourth-order valence-electron chi connectivity index (χ4n) is 1.59. The predicted octanol–water partition coefficient (Wildman–Crippen LogP) is 0.737. The van der Waals surface area contributed by atoms with Gasteiger partial charge < -0.3 is 10.5 Å². The van der Waals surface area contributed by atoms with E-state index in [1.54, 1.807) is 18.5 Å². The second kappa shape index (κ2) is 3.75. The molecule has 4 nitrogen and oxygen atoms in total. The molecule has 1 aromatic heterocycles. The summed E-state index contributed by atoms with van der Waals surface area (Å²) in [5, 5.41) is 0. The van der Waals surface area contributed by atoms with Gasteiger partial charge in [-0.3, -0.25) is 9.78 Å². The fourth-order valence-corrected chi connectivity index (χ4v) is 1.59. The highest BCUT2D eigenvalue weighted by atomic mass is 16.5. The standard InChI is InChI=1S/C10H12N2O2/c11-8-3-7(4-12-5-8)9-6-14-2-1-10(9)13/h3-5,9H,1-2,6,11H2. The summed E-state index contributed by atoms with van der Waals surface area (Å²) in [7, 11) is 0. The minimum atomic E-state index is -0.181. The van der Waals surface area contributed by atoms with Crippen LogP contribution in [0, 0.1) is 0 Å². The summed E-state index contributed by atoms with van der Waals surface area (Å²) >= 11 is 0. The Morgan fingerprint density at radius 2 is 2.36 bits per heavy atom. The first-order valence-corrected chi connectivity index (χ1v) is 4.58. The predicted molar refractivity (Wildman–Crippen MR) is 51.8 cm³/mol. The highest BCUT2D eigenvalue weighted by Crippen LogP contribution is 2.22. The van der Waals surface area contributed by atoms with Crippen LogP contribution in [0.3, 0.4) is 0 Å². The Kier molecular flexibility index (Phi) is 2.45. The number of Topliss-reactive ketones (excluding diaryl/α,β-unsaturated/α-hetero) is 1. The largest absolute Gasteiger partial charge is 0.397 e. The van der Waals surface area contributed by atoms with E-state index in [0.717, 1.165) is 5.56 Å². The third-order valence-corrected chi connectivity index (χ3v) is 2.35. The number of carbonyl (C=O) groups excluding carboxylic acids is 1. The smallest absolute Gasteiger partial charge is 0.145 e. The van der Waals surface area contributed by atoms with Crippen LogP contribution in [0.2, 0.25) is 0 Å². The zero-order valence-electron chi connectivity index (χ0n) is 7.77. The second-order valence-corrected chi connectivity index (χ2v) is 3.40. The molecule has 0 saturated carbocycles. The number of carbonyl (C=O) groups is 1. The molecule has 1 aliphatic rings. The average Bonchev–Trinajstić information content (AvgIpc) is 2.18. The molecule has 0 spiro atoms. The lowest BCUT2D eigenvalue weighted by molar-refractivity contribution is -0.126. The number of aromatic nitrogens is 1. The van der Waals surface area contributed by atoms with Crippen molar-refractivity contribution in [1.29, 1.82) is 0 Å². The zero-order valence-corrected chi connectivity index (χ0v) is 7.77. The van der Waals surface area contributed by atoms with Gasteiger partial charge in [0, 0.05) is 18.8 Å². The van der Waals surface area contributed by atoms with Gasteiger partial charge in [-0.1, -0.05) is 0 Å². The molecule has 0 aromatic carbocycles. The maximum absolute atomic E-state index is 11.6. The first kappa shape index (κ1) is 9.15. The van der Waals surface area contributed by atoms with Crippen LogP contribution in [0.5, 0.6) is 0 Å². The highest BCUT2D eigenvalue weighted by molar-refractivity contribution is 5.86. The maximum Gasteiger partial charge on any atom is 0.145 e. The van der Waals surface area contributed by atoms with E-state index in [4.69, 9.17) is 10.5 Å². The first-order chi connectivity index (χ1) is 6.77. The number of anilines is 1. The van der Waals surface area contributed by atoms with Crippen molar-refractivity contribution in [3.63, 3.8) is 0 Å². The summed E-state index contributed by atoms with van der Waals surface area (Å²) in [5.41, 5.74) is 7.04. The van der Waals surface area contributed by atoms with Crippen LogP contribution in [0.1, 0.15) is 17.9 Å². The fraction of sp³-hybridized carbons (Fsp3) is 0.400. The summed E-state index contributed by atoms with van der Waals surface area (Å²) in [6.45, 7) is 0.981. The van der Waals surface area contributed by atoms with Gasteiger partial charge in [-0.25, -0.2) is 0 Å². The molecular formula is C10H12N2O2. The molecule has 1 unspecified atom stereocenters. The topological polar surface area (TPSA) is 65.2 Å². The van der Waals surface area contributed by atoms with Gasteiger partial charge >= 0.3 is 0 Å². The molecule has 0 amide bonds. The summed E-state index contributed by atoms with van der Waals surface area (Å²) in [5.74, 6) is 0.0309. The number of ketones is 1. The van der Waals surface area contributed by atoms with E-state index < -0.39 is 0 Å². The van der Waals surface area contributed by atoms with Gasteiger partial charge in [0.15, 0.2) is 0 Å². The molecular weight excluding hydrogens is 180 g/mol. The van der Waals surface area contributed by atoms with E-state index in [2.05, 4.69) is 4.98 Å². The van der Waals surface area contributed by atoms with Crippen molar-refractivity contribution in [3.8, 4) is 0 Å². The van der Waals surface area contributed by atoms with Crippen LogP contribution < -0.4 is 5.73 Å². The van der Waals surface area contributed by atoms with Gasteiger partial charge in [-0.15, -0.1) is 0 Å². The Morgan fingerprint density at radius 3 is 3.07 bits per heavy atom. The van der Waals surface area contributed by atoms with Gasteiger partial charge in [0.2, 0.25) is 0 Å². The van der Waals surface area contributed by atoms with Gasteiger partial charge in [-0.05, 0) is 11.6 Å². The van der Waals surface area contributed by atoms with Crippen molar-refractivity contribution in [2.75, 3.05) is 18.9 Å². The Balaban J connectivity index is 2.24. The lowest BCUT2D eigenvalue weighted by Crippen LogP contribution is -2.25. The van der Waals surface area contributed by atoms with Crippen LogP contribution in [0.4, 0.5) is 5.69 Å². The molecule has 1 atom stereocenters. The molecule has 2 heterocycles. The molecule has 0 aliphatic carbocycles. The molecule has 1 aromatic rings. The van der Waals surface area contributed by atoms with Crippen LogP contribution in [0.15, 0.2) is 18.5 Å². The number of ether oxygens (including phenoxy) is 1. The molecule has 1 saturated heterocycles. The molecule has 14 heavy (non-hydrogen) atoms. The van der Waals surface area contributed by atoms with Gasteiger partial charge in [0.05, 0.1) is 24.8 Å². The van der Waals surface area contributed by atoms with Crippen LogP contribution in [-0.4, -0.2) is 24.0 Å². The van der Waals surface area contributed by atoms with Crippen LogP contribution in [0.25, 0.3) is 0 Å². The molecule has 0 bridgehead atoms. The van der Waals surface area contributed by atoms with E-state index >= 15 is 0 Å². The van der Waals surface area contributed by atoms with E-state index in [-0.39, 0.29) is 11.7 Å². The van der Waals surface area contributed by atoms with Crippen molar-refractivity contribution in [2.24, 2.45) is 0 Å². The van der Waals surface area contributed by atoms with Crippen LogP contribution >= 0.6 is 0 Å². The normalized spacial score (nSPS) is 22.3. The minimum absolute atomic E-state index is 0.181. The lowest BCUT2D eigenvalue weighted by atomic mass is 9.93. The van der Waals surface area contributed by atoms with E-state index in [1.807, 2.05) is 0 Å². The number of hydrogen-bond acceptors (Lipinski definition) is 4. The summed E-state index contributed by atoms with van der Waals surface area (Å²) in [6.07, 6.45) is 3.73. The molecule has 0 radical (unpaired) electrons. The SMILES string of the molecule is Nc1cncc(C2COCCC2=O)c1. The highest BCUT2D eigenvalue weighted by Gasteiger charge is 2.24. The maximum atomic E-state index is 11.6. The second-order valence-electron chi connectivity index (χ2n) is 3.40. The van der Waals surface area contributed by atoms with Crippen molar-refractivity contribution >= 4 is 11.5 Å². The summed E-state index contributed by atoms with van der Waals surface area (Å²) < 4.78 is 5.26. The Bertz CT molecular complexity index is 352. The molecule has 1 fully saturated rings. The Hall–Kier alpha value is -1.42. The number of nitrogen functional groups attached to an aromatic ring is 1. The van der Waals surface area contributed by atoms with E-state index in [1.165, 1.54) is 0 Å². The number of hydrogen-bond donors (Lipinski definition) is 1. The van der Waals surface area contributed by atoms with Crippen molar-refractivity contribution in [1.82, 2.24) is 4.98 Å². The van der Waals surface area contributed by atoms with Gasteiger partial charge in [-0.2, -0.15) is 0 Å². The quantitative estimate of drug-likeness (QED) is 0.712. The number of rotatable bonds is 1. The monoisotopic (exact) mass is 192 g/mol. The van der Waals surface area contributed by atoms with Gasteiger partial charge in [0.25, 0.3) is 0 Å². The number of nitrogens with two attached hydrogens (primary N) is 1. The van der Waals surface area contributed by atoms with E-state index in [9.17, 15) is 4.79 Å². The molecule has 4 heteroatoms. The molecule has 1 aliphatic heterocycles. The first-order valence-electron chi connectivity index (χ1n) is 4.58. The van der Waals surface area contributed by atoms with E-state index in [0.29, 0.717) is 25.3 Å². The Morgan fingerprint density at radius 1 is 1.50 bits per heavy atom. The number of nitrogens with zero attached hydrogens (tertiary/aromatic N) is 1. The number of pyridine rings is 1. The minimum Gasteiger partial charge on any atom is -0.397 e. The molecule has 2 rings (SSSR count). The summed E-state index contributed by atoms with van der Waals surface area (Å²) in [4.78, 5) is 15.5. The van der Waals surface area contributed by atoms with Crippen LogP contribution in [-0.2, 0) is 9.53 Å². The average molecular weight is 192 g/mol. The third kappa shape index (κ3) is 1.75. The van der Waals surface area contributed by atoms with Gasteiger partial charge in [0.1, 0.15) is 5.78 Å². The Labute approximate surface area is 82.1 Å². The third-order valence-electron chi connectivity index (χ3n) is 2.35. The summed E-state index contributed by atoms with van der Waals surface area (Å²) in [6, 6.07) is 1.78. The lowest BCUT2D eigenvalue weighted by Gasteiger charge is -2.20. The molecule has 74 valence electrons.